The summed E-state index contributed by atoms with van der Waals surface area (Å²) in [6.45, 7) is 2.21. The van der Waals surface area contributed by atoms with Crippen LogP contribution in [0.2, 0.25) is 0 Å². The number of anilines is 1. The molecule has 0 aliphatic carbocycles. The number of pyridine rings is 1. The molecule has 0 saturated heterocycles. The third-order valence-corrected chi connectivity index (χ3v) is 4.66. The summed E-state index contributed by atoms with van der Waals surface area (Å²) in [6, 6.07) is 11.0. The van der Waals surface area contributed by atoms with Crippen LogP contribution in [0.5, 0.6) is 0 Å². The maximum atomic E-state index is 12.8. The minimum Gasteiger partial charge on any atom is -0.453 e. The van der Waals surface area contributed by atoms with Crippen LogP contribution < -0.4 is 10.6 Å². The number of alkyl carbamates (subject to hydrolysis) is 1. The van der Waals surface area contributed by atoms with Crippen LogP contribution in [0.4, 0.5) is 10.5 Å². The van der Waals surface area contributed by atoms with Crippen molar-refractivity contribution in [3.8, 4) is 11.4 Å². The maximum Gasteiger partial charge on any atom is 0.406 e. The summed E-state index contributed by atoms with van der Waals surface area (Å²) in [6.07, 6.45) is 3.17. The van der Waals surface area contributed by atoms with Crippen molar-refractivity contribution in [2.45, 2.75) is 13.3 Å². The Bertz CT molecular complexity index is 1250. The molecule has 3 aromatic heterocycles. The SMILES string of the molecule is COC(=O)NCCc1nc(-c2ccc(C)c(NC(=O)c3cnc4ccccn34)c2)no1. The van der Waals surface area contributed by atoms with E-state index in [2.05, 4.69) is 30.5 Å². The Morgan fingerprint density at radius 2 is 2.10 bits per heavy atom. The van der Waals surface area contributed by atoms with Crippen LogP contribution in [0.1, 0.15) is 21.9 Å². The van der Waals surface area contributed by atoms with Crippen LogP contribution in [0.3, 0.4) is 0 Å². The van der Waals surface area contributed by atoms with Gasteiger partial charge in [0.2, 0.25) is 11.7 Å². The second kappa shape index (κ2) is 8.66. The number of hydrogen-bond donors (Lipinski definition) is 2. The van der Waals surface area contributed by atoms with E-state index in [1.807, 2.05) is 37.3 Å². The number of ether oxygens (including phenoxy) is 1. The molecule has 0 aliphatic rings. The molecule has 0 bridgehead atoms. The quantitative estimate of drug-likeness (QED) is 0.491. The van der Waals surface area contributed by atoms with Crippen molar-refractivity contribution in [1.29, 1.82) is 0 Å². The van der Waals surface area contributed by atoms with Crippen molar-refractivity contribution in [3.05, 3.63) is 65.9 Å². The van der Waals surface area contributed by atoms with Crippen molar-refractivity contribution in [1.82, 2.24) is 24.8 Å². The average molecular weight is 420 g/mol. The molecule has 10 nitrogen and oxygen atoms in total. The molecule has 0 radical (unpaired) electrons. The fourth-order valence-electron chi connectivity index (χ4n) is 3.00. The Kier molecular flexibility index (Phi) is 5.61. The van der Waals surface area contributed by atoms with Crippen LogP contribution >= 0.6 is 0 Å². The van der Waals surface area contributed by atoms with Gasteiger partial charge in [0.15, 0.2) is 0 Å². The number of fused-ring (bicyclic) bond motifs is 1. The first-order valence-corrected chi connectivity index (χ1v) is 9.54. The fourth-order valence-corrected chi connectivity index (χ4v) is 3.00. The summed E-state index contributed by atoms with van der Waals surface area (Å²) in [7, 11) is 1.30. The highest BCUT2D eigenvalue weighted by Crippen LogP contribution is 2.24. The molecule has 0 atom stereocenters. The molecule has 31 heavy (non-hydrogen) atoms. The molecule has 0 unspecified atom stereocenters. The van der Waals surface area contributed by atoms with Gasteiger partial charge in [-0.15, -0.1) is 0 Å². The number of hydrogen-bond acceptors (Lipinski definition) is 7. The van der Waals surface area contributed by atoms with Gasteiger partial charge in [0.25, 0.3) is 5.91 Å². The van der Waals surface area contributed by atoms with E-state index in [4.69, 9.17) is 4.52 Å². The number of carbonyl (C=O) groups is 2. The third-order valence-electron chi connectivity index (χ3n) is 4.66. The van der Waals surface area contributed by atoms with Gasteiger partial charge in [0.05, 0.1) is 13.3 Å². The van der Waals surface area contributed by atoms with Gasteiger partial charge in [-0.1, -0.05) is 23.4 Å². The second-order valence-electron chi connectivity index (χ2n) is 6.74. The molecule has 2 N–H and O–H groups in total. The van der Waals surface area contributed by atoms with Crippen LogP contribution in [-0.2, 0) is 11.2 Å². The molecule has 1 aromatic carbocycles. The zero-order chi connectivity index (χ0) is 21.8. The van der Waals surface area contributed by atoms with Crippen LogP contribution in [-0.4, -0.2) is 45.2 Å². The van der Waals surface area contributed by atoms with Crippen molar-refractivity contribution in [3.63, 3.8) is 0 Å². The van der Waals surface area contributed by atoms with Gasteiger partial charge in [-0.2, -0.15) is 4.98 Å². The molecule has 0 saturated carbocycles. The first kappa shape index (κ1) is 20.1. The van der Waals surface area contributed by atoms with Gasteiger partial charge in [-0.3, -0.25) is 9.20 Å². The van der Waals surface area contributed by atoms with E-state index in [1.165, 1.54) is 13.3 Å². The van der Waals surface area contributed by atoms with Crippen molar-refractivity contribution in [2.24, 2.45) is 0 Å². The number of nitrogens with one attached hydrogen (secondary N) is 2. The smallest absolute Gasteiger partial charge is 0.406 e. The van der Waals surface area contributed by atoms with E-state index in [9.17, 15) is 9.59 Å². The van der Waals surface area contributed by atoms with E-state index < -0.39 is 6.09 Å². The van der Waals surface area contributed by atoms with Gasteiger partial charge in [0.1, 0.15) is 11.3 Å². The second-order valence-corrected chi connectivity index (χ2v) is 6.74. The standard InChI is InChI=1S/C21H20N6O4/c1-13-6-7-14(19-25-18(31-26-19)8-9-22-21(29)30-2)11-15(13)24-20(28)16-12-23-17-5-3-4-10-27(16)17/h3-7,10-12H,8-9H2,1-2H3,(H,22,29)(H,24,28). The Morgan fingerprint density at radius 3 is 2.94 bits per heavy atom. The highest BCUT2D eigenvalue weighted by molar-refractivity contribution is 6.04. The normalized spacial score (nSPS) is 10.8. The molecule has 0 aliphatic heterocycles. The van der Waals surface area contributed by atoms with Crippen molar-refractivity contribution < 1.29 is 18.8 Å². The summed E-state index contributed by atoms with van der Waals surface area (Å²) < 4.78 is 11.5. The number of aromatic nitrogens is 4. The predicted molar refractivity (Wildman–Crippen MR) is 112 cm³/mol. The van der Waals surface area contributed by atoms with Crippen LogP contribution in [0, 0.1) is 6.92 Å². The molecule has 10 heteroatoms. The van der Waals surface area contributed by atoms with Gasteiger partial charge < -0.3 is 19.9 Å². The lowest BCUT2D eigenvalue weighted by Gasteiger charge is -2.09. The lowest BCUT2D eigenvalue weighted by atomic mass is 10.1. The highest BCUT2D eigenvalue weighted by Gasteiger charge is 2.15. The number of rotatable bonds is 6. The number of imidazole rings is 1. The van der Waals surface area contributed by atoms with E-state index in [1.54, 1.807) is 16.7 Å². The largest absolute Gasteiger partial charge is 0.453 e. The van der Waals surface area contributed by atoms with E-state index >= 15 is 0 Å². The van der Waals surface area contributed by atoms with Crippen LogP contribution in [0.25, 0.3) is 17.0 Å². The summed E-state index contributed by atoms with van der Waals surface area (Å²) in [5, 5.41) is 9.47. The fraction of sp³-hybridized carbons (Fsp3) is 0.190. The summed E-state index contributed by atoms with van der Waals surface area (Å²) >= 11 is 0. The molecule has 2 amide bonds. The molecule has 4 rings (SSSR count). The minimum absolute atomic E-state index is 0.276. The van der Waals surface area contributed by atoms with E-state index in [-0.39, 0.29) is 5.91 Å². The van der Waals surface area contributed by atoms with Gasteiger partial charge in [0, 0.05) is 30.4 Å². The summed E-state index contributed by atoms with van der Waals surface area (Å²) in [4.78, 5) is 32.5. The van der Waals surface area contributed by atoms with E-state index in [0.29, 0.717) is 47.3 Å². The molecular weight excluding hydrogens is 400 g/mol. The third kappa shape index (κ3) is 4.37. The van der Waals surface area contributed by atoms with Crippen molar-refractivity contribution in [2.75, 3.05) is 19.0 Å². The Hall–Kier alpha value is -4.21. The number of aryl methyl sites for hydroxylation is 1. The lowest BCUT2D eigenvalue weighted by Crippen LogP contribution is -2.25. The van der Waals surface area contributed by atoms with Crippen LogP contribution in [0.15, 0.2) is 53.3 Å². The lowest BCUT2D eigenvalue weighted by molar-refractivity contribution is 0.102. The van der Waals surface area contributed by atoms with Gasteiger partial charge in [-0.25, -0.2) is 9.78 Å². The average Bonchev–Trinajstić information content (AvgIpc) is 3.42. The Balaban J connectivity index is 1.50. The summed E-state index contributed by atoms with van der Waals surface area (Å²) in [5.74, 6) is 0.489. The predicted octanol–water partition coefficient (Wildman–Crippen LogP) is 2.84. The molecule has 158 valence electrons. The molecular formula is C21H20N6O4. The highest BCUT2D eigenvalue weighted by atomic mass is 16.5. The Morgan fingerprint density at radius 1 is 1.23 bits per heavy atom. The maximum absolute atomic E-state index is 12.8. The zero-order valence-corrected chi connectivity index (χ0v) is 17.0. The number of methoxy groups -OCH3 is 1. The molecule has 0 spiro atoms. The first-order valence-electron chi connectivity index (χ1n) is 9.54. The van der Waals surface area contributed by atoms with Crippen molar-refractivity contribution >= 4 is 23.3 Å². The summed E-state index contributed by atoms with van der Waals surface area (Å²) in [5.41, 5.74) is 3.33. The Labute approximate surface area is 177 Å². The molecule has 0 fully saturated rings. The zero-order valence-electron chi connectivity index (χ0n) is 17.0. The monoisotopic (exact) mass is 420 g/mol. The number of nitrogens with zero attached hydrogens (tertiary/aromatic N) is 4. The number of benzene rings is 1. The molecule has 4 aromatic rings. The number of amides is 2. The minimum atomic E-state index is -0.523. The van der Waals surface area contributed by atoms with E-state index in [0.717, 1.165) is 5.56 Å². The first-order chi connectivity index (χ1) is 15.0. The number of carbonyl (C=O) groups excluding carboxylic acids is 2. The topological polar surface area (TPSA) is 124 Å². The molecule has 3 heterocycles. The van der Waals surface area contributed by atoms with Gasteiger partial charge >= 0.3 is 6.09 Å². The van der Waals surface area contributed by atoms with Gasteiger partial charge in [-0.05, 0) is 30.7 Å².